The Morgan fingerprint density at radius 3 is 2.71 bits per heavy atom. The van der Waals surface area contributed by atoms with Crippen LogP contribution in [-0.2, 0) is 16.6 Å². The van der Waals surface area contributed by atoms with E-state index in [-0.39, 0.29) is 11.4 Å². The first-order valence-electron chi connectivity index (χ1n) is 6.02. The SMILES string of the molecule is NS(=O)(=O)c1cccc(CNC(=O)Nc2cccnc2)c1. The van der Waals surface area contributed by atoms with Crippen molar-refractivity contribution < 1.29 is 13.2 Å². The Balaban J connectivity index is 1.96. The number of nitrogens with zero attached hydrogens (tertiary/aromatic N) is 1. The second kappa shape index (κ2) is 6.33. The second-order valence-corrected chi connectivity index (χ2v) is 5.80. The highest BCUT2D eigenvalue weighted by molar-refractivity contribution is 7.89. The number of urea groups is 1. The summed E-state index contributed by atoms with van der Waals surface area (Å²) in [6.45, 7) is 0.176. The first-order valence-corrected chi connectivity index (χ1v) is 7.56. The van der Waals surface area contributed by atoms with E-state index >= 15 is 0 Å². The minimum Gasteiger partial charge on any atom is -0.334 e. The molecule has 2 rings (SSSR count). The van der Waals surface area contributed by atoms with Crippen LogP contribution in [0.2, 0.25) is 0 Å². The third-order valence-corrected chi connectivity index (χ3v) is 3.51. The minimum atomic E-state index is -3.75. The number of hydrogen-bond donors (Lipinski definition) is 3. The van der Waals surface area contributed by atoms with Crippen molar-refractivity contribution in [2.75, 3.05) is 5.32 Å². The van der Waals surface area contributed by atoms with Crippen LogP contribution in [0, 0.1) is 0 Å². The number of nitrogens with two attached hydrogens (primary N) is 1. The van der Waals surface area contributed by atoms with Gasteiger partial charge in [0.25, 0.3) is 0 Å². The van der Waals surface area contributed by atoms with E-state index in [2.05, 4.69) is 15.6 Å². The molecule has 1 aromatic carbocycles. The second-order valence-electron chi connectivity index (χ2n) is 4.24. The van der Waals surface area contributed by atoms with E-state index < -0.39 is 16.1 Å². The highest BCUT2D eigenvalue weighted by Gasteiger charge is 2.08. The van der Waals surface area contributed by atoms with Crippen LogP contribution in [0.3, 0.4) is 0 Å². The molecule has 1 heterocycles. The predicted molar refractivity (Wildman–Crippen MR) is 77.9 cm³/mol. The van der Waals surface area contributed by atoms with Crippen LogP contribution in [0.4, 0.5) is 10.5 Å². The largest absolute Gasteiger partial charge is 0.334 e. The van der Waals surface area contributed by atoms with E-state index in [1.54, 1.807) is 30.5 Å². The summed E-state index contributed by atoms with van der Waals surface area (Å²) in [5, 5.41) is 10.3. The van der Waals surface area contributed by atoms with Crippen LogP contribution < -0.4 is 15.8 Å². The van der Waals surface area contributed by atoms with Gasteiger partial charge in [-0.05, 0) is 29.8 Å². The highest BCUT2D eigenvalue weighted by Crippen LogP contribution is 2.09. The van der Waals surface area contributed by atoms with Crippen LogP contribution in [-0.4, -0.2) is 19.4 Å². The van der Waals surface area contributed by atoms with Gasteiger partial charge in [0.1, 0.15) is 0 Å². The van der Waals surface area contributed by atoms with Gasteiger partial charge in [0.05, 0.1) is 16.8 Å². The number of aromatic nitrogens is 1. The van der Waals surface area contributed by atoms with Crippen LogP contribution in [0.25, 0.3) is 0 Å². The molecule has 0 aliphatic rings. The molecular formula is C13H14N4O3S. The van der Waals surface area contributed by atoms with E-state index in [0.717, 1.165) is 0 Å². The molecule has 1 aromatic heterocycles. The van der Waals surface area contributed by atoms with Gasteiger partial charge in [-0.3, -0.25) is 4.98 Å². The molecule has 0 saturated carbocycles. The van der Waals surface area contributed by atoms with Crippen LogP contribution >= 0.6 is 0 Å². The van der Waals surface area contributed by atoms with Crippen LogP contribution in [0.5, 0.6) is 0 Å². The molecule has 2 amide bonds. The first kappa shape index (κ1) is 14.9. The van der Waals surface area contributed by atoms with Gasteiger partial charge in [0.15, 0.2) is 0 Å². The summed E-state index contributed by atoms with van der Waals surface area (Å²) in [6.07, 6.45) is 3.11. The summed E-state index contributed by atoms with van der Waals surface area (Å²) >= 11 is 0. The lowest BCUT2D eigenvalue weighted by atomic mass is 10.2. The van der Waals surface area contributed by atoms with Gasteiger partial charge in [-0.25, -0.2) is 18.4 Å². The molecule has 110 valence electrons. The third-order valence-electron chi connectivity index (χ3n) is 2.60. The van der Waals surface area contributed by atoms with Crippen molar-refractivity contribution in [1.29, 1.82) is 0 Å². The number of nitrogens with one attached hydrogen (secondary N) is 2. The maximum atomic E-state index is 11.7. The predicted octanol–water partition coefficient (Wildman–Crippen LogP) is 1.05. The van der Waals surface area contributed by atoms with Gasteiger partial charge >= 0.3 is 6.03 Å². The lowest BCUT2D eigenvalue weighted by Gasteiger charge is -2.08. The maximum absolute atomic E-state index is 11.7. The lowest BCUT2D eigenvalue weighted by molar-refractivity contribution is 0.251. The summed E-state index contributed by atoms with van der Waals surface area (Å²) in [5.41, 5.74) is 1.19. The van der Waals surface area contributed by atoms with Gasteiger partial charge in [0.2, 0.25) is 10.0 Å². The summed E-state index contributed by atoms with van der Waals surface area (Å²) < 4.78 is 22.5. The Labute approximate surface area is 122 Å². The quantitative estimate of drug-likeness (QED) is 0.783. The third kappa shape index (κ3) is 4.55. The number of primary sulfonamides is 1. The zero-order valence-electron chi connectivity index (χ0n) is 11.0. The summed E-state index contributed by atoms with van der Waals surface area (Å²) in [7, 11) is -3.75. The monoisotopic (exact) mass is 306 g/mol. The molecule has 0 fully saturated rings. The number of pyridine rings is 1. The molecule has 0 saturated heterocycles. The Hall–Kier alpha value is -2.45. The molecular weight excluding hydrogens is 292 g/mol. The zero-order chi connectivity index (χ0) is 15.3. The fraction of sp³-hybridized carbons (Fsp3) is 0.0769. The Bertz CT molecular complexity index is 732. The number of rotatable bonds is 4. The first-order chi connectivity index (χ1) is 9.95. The summed E-state index contributed by atoms with van der Waals surface area (Å²) in [5.74, 6) is 0. The highest BCUT2D eigenvalue weighted by atomic mass is 32.2. The number of sulfonamides is 1. The van der Waals surface area contributed by atoms with Crippen LogP contribution in [0.15, 0.2) is 53.7 Å². The van der Waals surface area contributed by atoms with E-state index in [0.29, 0.717) is 11.3 Å². The summed E-state index contributed by atoms with van der Waals surface area (Å²) in [6, 6.07) is 9.06. The number of anilines is 1. The maximum Gasteiger partial charge on any atom is 0.319 e. The zero-order valence-corrected chi connectivity index (χ0v) is 11.8. The topological polar surface area (TPSA) is 114 Å². The average Bonchev–Trinajstić information content (AvgIpc) is 2.46. The van der Waals surface area contributed by atoms with E-state index in [9.17, 15) is 13.2 Å². The number of benzene rings is 1. The molecule has 7 nitrogen and oxygen atoms in total. The fourth-order valence-corrected chi connectivity index (χ4v) is 2.21. The number of hydrogen-bond acceptors (Lipinski definition) is 4. The molecule has 0 aliphatic carbocycles. The number of carbonyl (C=O) groups is 1. The van der Waals surface area contributed by atoms with E-state index in [4.69, 9.17) is 5.14 Å². The molecule has 0 spiro atoms. The molecule has 4 N–H and O–H groups in total. The van der Waals surface area contributed by atoms with Crippen molar-refractivity contribution in [1.82, 2.24) is 10.3 Å². The molecule has 0 aliphatic heterocycles. The van der Waals surface area contributed by atoms with Crippen molar-refractivity contribution >= 4 is 21.7 Å². The smallest absolute Gasteiger partial charge is 0.319 e. The molecule has 0 bridgehead atoms. The van der Waals surface area contributed by atoms with Gasteiger partial charge in [0, 0.05) is 12.7 Å². The van der Waals surface area contributed by atoms with Gasteiger partial charge in [-0.15, -0.1) is 0 Å². The van der Waals surface area contributed by atoms with Crippen molar-refractivity contribution in [3.63, 3.8) is 0 Å². The summed E-state index contributed by atoms with van der Waals surface area (Å²) in [4.78, 5) is 15.6. The van der Waals surface area contributed by atoms with Crippen LogP contribution in [0.1, 0.15) is 5.56 Å². The Morgan fingerprint density at radius 2 is 2.05 bits per heavy atom. The van der Waals surface area contributed by atoms with Crippen molar-refractivity contribution in [3.8, 4) is 0 Å². The Morgan fingerprint density at radius 1 is 1.24 bits per heavy atom. The molecule has 2 aromatic rings. The normalized spacial score (nSPS) is 10.9. The van der Waals surface area contributed by atoms with Crippen molar-refractivity contribution in [3.05, 3.63) is 54.4 Å². The number of carbonyl (C=O) groups excluding carboxylic acids is 1. The number of amides is 2. The van der Waals surface area contributed by atoms with Gasteiger partial charge in [-0.2, -0.15) is 0 Å². The molecule has 8 heteroatoms. The van der Waals surface area contributed by atoms with Crippen molar-refractivity contribution in [2.24, 2.45) is 5.14 Å². The minimum absolute atomic E-state index is 0.00877. The molecule has 0 atom stereocenters. The lowest BCUT2D eigenvalue weighted by Crippen LogP contribution is -2.28. The van der Waals surface area contributed by atoms with Gasteiger partial charge in [-0.1, -0.05) is 12.1 Å². The standard InChI is InChI=1S/C13H14N4O3S/c14-21(19,20)12-5-1-3-10(7-12)8-16-13(18)17-11-4-2-6-15-9-11/h1-7,9H,8H2,(H2,14,19,20)(H2,16,17,18). The van der Waals surface area contributed by atoms with Crippen molar-refractivity contribution in [2.45, 2.75) is 11.4 Å². The Kier molecular flexibility index (Phi) is 4.51. The molecule has 0 unspecified atom stereocenters. The molecule has 0 radical (unpaired) electrons. The molecule has 21 heavy (non-hydrogen) atoms. The van der Waals surface area contributed by atoms with E-state index in [1.807, 2.05) is 0 Å². The van der Waals surface area contributed by atoms with Gasteiger partial charge < -0.3 is 10.6 Å². The fourth-order valence-electron chi connectivity index (χ4n) is 1.63. The van der Waals surface area contributed by atoms with E-state index in [1.165, 1.54) is 18.3 Å². The average molecular weight is 306 g/mol.